The molecule has 1 atom stereocenters. The number of amides is 2. The second kappa shape index (κ2) is 10.2. The molecule has 5 nitrogen and oxygen atoms in total. The number of nitrogens with one attached hydrogen (secondary N) is 1. The summed E-state index contributed by atoms with van der Waals surface area (Å²) in [4.78, 5) is 26.4. The Morgan fingerprint density at radius 1 is 1.31 bits per heavy atom. The molecule has 1 N–H and O–H groups in total. The Morgan fingerprint density at radius 3 is 2.94 bits per heavy atom. The van der Waals surface area contributed by atoms with E-state index in [1.165, 1.54) is 30.2 Å². The molecule has 32 heavy (non-hydrogen) atoms. The third-order valence-electron chi connectivity index (χ3n) is 6.01. The predicted octanol–water partition coefficient (Wildman–Crippen LogP) is 4.26. The maximum atomic E-state index is 13.0. The number of methoxy groups -OCH3 is 1. The maximum absolute atomic E-state index is 13.0. The van der Waals surface area contributed by atoms with Crippen LogP contribution in [0, 0.1) is 0 Å². The summed E-state index contributed by atoms with van der Waals surface area (Å²) in [6.45, 7) is 0.643. The number of ether oxygens (including phenoxy) is 1. The van der Waals surface area contributed by atoms with E-state index in [4.69, 9.17) is 4.74 Å². The van der Waals surface area contributed by atoms with Gasteiger partial charge >= 0.3 is 5.91 Å². The molecule has 4 rings (SSSR count). The normalized spacial score (nSPS) is 21.8. The van der Waals surface area contributed by atoms with Gasteiger partial charge in [-0.3, -0.25) is 4.79 Å². The summed E-state index contributed by atoms with van der Waals surface area (Å²) in [6.07, 6.45) is 15.6. The van der Waals surface area contributed by atoms with Crippen LogP contribution in [0.1, 0.15) is 37.7 Å². The number of hydrogen-bond donors (Lipinski definition) is 1. The number of carbonyl (C=O) groups is 2. The molecule has 166 valence electrons. The average Bonchev–Trinajstić information content (AvgIpc) is 2.83. The first-order valence-electron chi connectivity index (χ1n) is 11.1. The Bertz CT molecular complexity index is 1080. The lowest BCUT2D eigenvalue weighted by molar-refractivity contribution is -0.413. The summed E-state index contributed by atoms with van der Waals surface area (Å²) >= 11 is 1.50. The number of rotatable bonds is 6. The fourth-order valence-electron chi connectivity index (χ4n) is 4.17. The van der Waals surface area contributed by atoms with Crippen molar-refractivity contribution in [2.75, 3.05) is 20.7 Å². The standard InChI is InChI=1S/C26H28N2O3S/c1-28-21-16-20(25(29)27-15-14-18-8-4-3-5-9-18)12-13-23(21)32-24(26(28)30)17-19-10-6-7-11-22(19)31-2/h6-8,10-13,16-17,23H,3-5,9,14-15H2,1-2H3/p+1/b24-17+. The first-order chi connectivity index (χ1) is 15.6. The van der Waals surface area contributed by atoms with Crippen molar-refractivity contribution in [3.8, 4) is 5.75 Å². The van der Waals surface area contributed by atoms with Gasteiger partial charge in [0.15, 0.2) is 0 Å². The fourth-order valence-corrected chi connectivity index (χ4v) is 5.38. The molecule has 1 unspecified atom stereocenters. The van der Waals surface area contributed by atoms with Gasteiger partial charge in [-0.15, -0.1) is 0 Å². The van der Waals surface area contributed by atoms with Crippen LogP contribution in [0.5, 0.6) is 5.75 Å². The van der Waals surface area contributed by atoms with Crippen molar-refractivity contribution >= 4 is 35.4 Å². The van der Waals surface area contributed by atoms with Gasteiger partial charge in [0.1, 0.15) is 23.0 Å². The van der Waals surface area contributed by atoms with E-state index in [2.05, 4.69) is 11.4 Å². The topological polar surface area (TPSA) is 58.4 Å². The van der Waals surface area contributed by atoms with Crippen molar-refractivity contribution in [3.63, 3.8) is 0 Å². The molecular weight excluding hydrogens is 420 g/mol. The van der Waals surface area contributed by atoms with Crippen LogP contribution in [0.4, 0.5) is 0 Å². The van der Waals surface area contributed by atoms with Crippen LogP contribution < -0.4 is 10.1 Å². The molecule has 2 aliphatic carbocycles. The summed E-state index contributed by atoms with van der Waals surface area (Å²) in [7, 11) is 3.39. The van der Waals surface area contributed by atoms with Crippen molar-refractivity contribution in [3.05, 3.63) is 70.2 Å². The van der Waals surface area contributed by atoms with Crippen molar-refractivity contribution in [2.45, 2.75) is 37.4 Å². The number of hydrogen-bond acceptors (Lipinski definition) is 4. The van der Waals surface area contributed by atoms with Crippen LogP contribution in [-0.2, 0) is 9.59 Å². The minimum atomic E-state index is -0.0928. The molecule has 2 amide bonds. The highest BCUT2D eigenvalue weighted by Crippen LogP contribution is 2.34. The average molecular weight is 450 g/mol. The zero-order valence-corrected chi connectivity index (χ0v) is 19.4. The lowest BCUT2D eigenvalue weighted by Gasteiger charge is -2.21. The van der Waals surface area contributed by atoms with E-state index in [0.717, 1.165) is 36.3 Å². The van der Waals surface area contributed by atoms with E-state index >= 15 is 0 Å². The summed E-state index contributed by atoms with van der Waals surface area (Å²) in [5.41, 5.74) is 3.74. The molecule has 6 heteroatoms. The Kier molecular flexibility index (Phi) is 7.10. The van der Waals surface area contributed by atoms with Gasteiger partial charge in [0.25, 0.3) is 5.91 Å². The Hall–Kier alpha value is -2.86. The Labute approximate surface area is 193 Å². The molecule has 0 fully saturated rings. The van der Waals surface area contributed by atoms with Crippen LogP contribution in [0.15, 0.2) is 64.6 Å². The van der Waals surface area contributed by atoms with E-state index in [1.807, 2.05) is 48.6 Å². The molecule has 1 aromatic carbocycles. The molecule has 1 heterocycles. The monoisotopic (exact) mass is 449 g/mol. The van der Waals surface area contributed by atoms with Crippen LogP contribution in [0.25, 0.3) is 6.08 Å². The Balaban J connectivity index is 1.47. The first kappa shape index (κ1) is 22.3. The molecule has 0 bridgehead atoms. The van der Waals surface area contributed by atoms with E-state index in [9.17, 15) is 9.59 Å². The Morgan fingerprint density at radius 2 is 2.16 bits per heavy atom. The number of allylic oxidation sites excluding steroid dienone is 2. The van der Waals surface area contributed by atoms with Crippen molar-refractivity contribution in [1.29, 1.82) is 0 Å². The molecule has 1 aromatic rings. The second-order valence-electron chi connectivity index (χ2n) is 8.15. The van der Waals surface area contributed by atoms with Crippen LogP contribution >= 0.6 is 11.8 Å². The number of thioether (sulfide) groups is 1. The maximum Gasteiger partial charge on any atom is 0.425 e. The van der Waals surface area contributed by atoms with Crippen LogP contribution in [0.2, 0.25) is 0 Å². The van der Waals surface area contributed by atoms with E-state index in [-0.39, 0.29) is 17.1 Å². The SMILES string of the molecule is COc1ccccc1/C=C1/SC2C=CC(C(=O)NCCC3=CCCCC3)=CC2=[N+](C)C1=O. The van der Waals surface area contributed by atoms with Gasteiger partial charge in [-0.1, -0.05) is 53.8 Å². The molecule has 0 spiro atoms. The quantitative estimate of drug-likeness (QED) is 0.400. The summed E-state index contributed by atoms with van der Waals surface area (Å²) in [6, 6.07) is 7.64. The van der Waals surface area contributed by atoms with Crippen molar-refractivity contribution < 1.29 is 18.9 Å². The van der Waals surface area contributed by atoms with Gasteiger partial charge < -0.3 is 10.1 Å². The van der Waals surface area contributed by atoms with E-state index in [1.54, 1.807) is 18.7 Å². The number of fused-ring (bicyclic) bond motifs is 1. The predicted molar refractivity (Wildman–Crippen MR) is 130 cm³/mol. The highest BCUT2D eigenvalue weighted by molar-refractivity contribution is 8.05. The smallest absolute Gasteiger partial charge is 0.425 e. The molecule has 0 saturated heterocycles. The third-order valence-corrected chi connectivity index (χ3v) is 7.21. The van der Waals surface area contributed by atoms with E-state index < -0.39 is 0 Å². The molecule has 1 aliphatic heterocycles. The van der Waals surface area contributed by atoms with Gasteiger partial charge in [-0.05, 0) is 44.2 Å². The summed E-state index contributed by atoms with van der Waals surface area (Å²) in [5.74, 6) is 0.556. The third kappa shape index (κ3) is 4.96. The minimum Gasteiger partial charge on any atom is -0.496 e. The lowest BCUT2D eigenvalue weighted by Crippen LogP contribution is -2.37. The van der Waals surface area contributed by atoms with Gasteiger partial charge in [-0.25, -0.2) is 4.79 Å². The van der Waals surface area contributed by atoms with Crippen LogP contribution in [-0.4, -0.2) is 48.1 Å². The number of nitrogens with zero attached hydrogens (tertiary/aromatic N) is 1. The van der Waals surface area contributed by atoms with Gasteiger partial charge in [-0.2, -0.15) is 4.58 Å². The number of para-hydroxylation sites is 1. The molecule has 0 radical (unpaired) electrons. The second-order valence-corrected chi connectivity index (χ2v) is 9.33. The molecule has 3 aliphatic rings. The van der Waals surface area contributed by atoms with Gasteiger partial charge in [0.2, 0.25) is 5.71 Å². The van der Waals surface area contributed by atoms with Gasteiger partial charge in [0.05, 0.1) is 7.11 Å². The lowest BCUT2D eigenvalue weighted by atomic mass is 9.97. The molecule has 0 saturated carbocycles. The van der Waals surface area contributed by atoms with Crippen molar-refractivity contribution in [2.24, 2.45) is 0 Å². The molecular formula is C26H29N2O3S+. The highest BCUT2D eigenvalue weighted by Gasteiger charge is 2.38. The first-order valence-corrected chi connectivity index (χ1v) is 12.0. The van der Waals surface area contributed by atoms with Crippen LogP contribution in [0.3, 0.4) is 0 Å². The summed E-state index contributed by atoms with van der Waals surface area (Å²) < 4.78 is 7.06. The molecule has 0 aromatic heterocycles. The fraction of sp³-hybridized carbons (Fsp3) is 0.346. The van der Waals surface area contributed by atoms with E-state index in [0.29, 0.717) is 17.0 Å². The number of benzene rings is 1. The number of carbonyl (C=O) groups excluding carboxylic acids is 2. The van der Waals surface area contributed by atoms with Gasteiger partial charge in [0, 0.05) is 23.8 Å². The highest BCUT2D eigenvalue weighted by atomic mass is 32.2. The minimum absolute atomic E-state index is 0.0115. The zero-order chi connectivity index (χ0) is 22.5. The zero-order valence-electron chi connectivity index (χ0n) is 18.6. The number of likely N-dealkylation sites (N-methyl/N-ethyl adjacent to an activating group) is 1. The summed E-state index contributed by atoms with van der Waals surface area (Å²) in [5, 5.41) is 3.02. The largest absolute Gasteiger partial charge is 0.496 e. The van der Waals surface area contributed by atoms with Crippen molar-refractivity contribution in [1.82, 2.24) is 5.32 Å².